The number of ether oxygens (including phenoxy) is 1. The molecule has 3 nitrogen and oxygen atoms in total. The summed E-state index contributed by atoms with van der Waals surface area (Å²) < 4.78 is 6.22. The summed E-state index contributed by atoms with van der Waals surface area (Å²) in [5.74, 6) is 0.435. The molecular formula is C40H31O3P. The standard InChI is InChI=1S/C40H31O3P/c41-40(42)32(27-30-15-5-1-6-16-30)28-31-29-34(43-33-17-7-2-8-18-33)25-26-37(31)38-23-13-14-24-39(38)44(35-19-9-3-10-20-35)36-21-11-4-12-22-36/h1-27,29H,28H2,(H,41,42)/b32-27+. The van der Waals surface area contributed by atoms with Gasteiger partial charge in [-0.1, -0.05) is 140 Å². The molecule has 0 amide bonds. The lowest BCUT2D eigenvalue weighted by molar-refractivity contribution is -0.132. The van der Waals surface area contributed by atoms with E-state index in [1.165, 1.54) is 15.9 Å². The molecule has 0 aliphatic rings. The molecule has 0 radical (unpaired) electrons. The topological polar surface area (TPSA) is 46.5 Å². The van der Waals surface area contributed by atoms with E-state index in [1.807, 2.05) is 84.9 Å². The molecule has 214 valence electrons. The molecule has 0 atom stereocenters. The Hall–Kier alpha value is -5.24. The van der Waals surface area contributed by atoms with Crippen molar-refractivity contribution in [3.63, 3.8) is 0 Å². The Kier molecular flexibility index (Phi) is 9.07. The molecule has 0 fully saturated rings. The zero-order chi connectivity index (χ0) is 30.1. The van der Waals surface area contributed by atoms with E-state index in [4.69, 9.17) is 4.74 Å². The van der Waals surface area contributed by atoms with Crippen molar-refractivity contribution in [2.24, 2.45) is 0 Å². The average molecular weight is 591 g/mol. The van der Waals surface area contributed by atoms with Crippen molar-refractivity contribution in [1.82, 2.24) is 0 Å². The van der Waals surface area contributed by atoms with E-state index < -0.39 is 13.9 Å². The normalized spacial score (nSPS) is 11.3. The number of carbonyl (C=O) groups is 1. The lowest BCUT2D eigenvalue weighted by Crippen LogP contribution is -2.22. The van der Waals surface area contributed by atoms with Crippen LogP contribution in [0.2, 0.25) is 0 Å². The van der Waals surface area contributed by atoms with Crippen molar-refractivity contribution in [2.75, 3.05) is 0 Å². The summed E-state index contributed by atoms with van der Waals surface area (Å²) in [6, 6.07) is 54.9. The molecule has 6 rings (SSSR count). The number of carboxylic acid groups (broad SMARTS) is 1. The zero-order valence-corrected chi connectivity index (χ0v) is 25.0. The van der Waals surface area contributed by atoms with Crippen molar-refractivity contribution in [3.05, 3.63) is 180 Å². The monoisotopic (exact) mass is 590 g/mol. The summed E-state index contributed by atoms with van der Waals surface area (Å²) in [6.07, 6.45) is 1.98. The van der Waals surface area contributed by atoms with Gasteiger partial charge in [-0.15, -0.1) is 0 Å². The van der Waals surface area contributed by atoms with Crippen LogP contribution in [0.3, 0.4) is 0 Å². The van der Waals surface area contributed by atoms with Crippen LogP contribution < -0.4 is 20.7 Å². The first-order valence-corrected chi connectivity index (χ1v) is 15.8. The molecule has 0 aliphatic heterocycles. The average Bonchev–Trinajstić information content (AvgIpc) is 3.07. The van der Waals surface area contributed by atoms with Crippen LogP contribution in [-0.4, -0.2) is 11.1 Å². The van der Waals surface area contributed by atoms with Gasteiger partial charge in [0.25, 0.3) is 0 Å². The molecule has 0 bridgehead atoms. The van der Waals surface area contributed by atoms with Crippen molar-refractivity contribution in [2.45, 2.75) is 6.42 Å². The Morgan fingerprint density at radius 2 is 1.14 bits per heavy atom. The van der Waals surface area contributed by atoms with E-state index >= 15 is 0 Å². The molecule has 0 heterocycles. The highest BCUT2D eigenvalue weighted by Crippen LogP contribution is 2.39. The molecule has 6 aromatic carbocycles. The van der Waals surface area contributed by atoms with Crippen LogP contribution >= 0.6 is 7.92 Å². The fourth-order valence-electron chi connectivity index (χ4n) is 5.29. The third kappa shape index (κ3) is 6.86. The molecule has 0 aromatic heterocycles. The molecular weight excluding hydrogens is 559 g/mol. The fraction of sp³-hybridized carbons (Fsp3) is 0.0250. The number of aliphatic carboxylic acids is 1. The minimum absolute atomic E-state index is 0.231. The summed E-state index contributed by atoms with van der Waals surface area (Å²) in [6.45, 7) is 0. The molecule has 44 heavy (non-hydrogen) atoms. The summed E-state index contributed by atoms with van der Waals surface area (Å²) in [5.41, 5.74) is 4.10. The van der Waals surface area contributed by atoms with Gasteiger partial charge in [0.2, 0.25) is 0 Å². The minimum Gasteiger partial charge on any atom is -0.478 e. The van der Waals surface area contributed by atoms with Crippen molar-refractivity contribution in [3.8, 4) is 22.6 Å². The van der Waals surface area contributed by atoms with Crippen LogP contribution in [0.5, 0.6) is 11.5 Å². The predicted octanol–water partition coefficient (Wildman–Crippen LogP) is 8.61. The summed E-state index contributed by atoms with van der Waals surface area (Å²) in [7, 11) is -0.885. The molecule has 0 aliphatic carbocycles. The lowest BCUT2D eigenvalue weighted by Gasteiger charge is -2.24. The van der Waals surface area contributed by atoms with Crippen LogP contribution in [0.1, 0.15) is 11.1 Å². The molecule has 4 heteroatoms. The van der Waals surface area contributed by atoms with Crippen molar-refractivity contribution in [1.29, 1.82) is 0 Å². The van der Waals surface area contributed by atoms with E-state index in [0.717, 1.165) is 28.0 Å². The molecule has 0 spiro atoms. The first-order chi connectivity index (χ1) is 21.7. The number of benzene rings is 6. The second-order valence-corrected chi connectivity index (χ2v) is 12.5. The molecule has 0 saturated heterocycles. The van der Waals surface area contributed by atoms with Crippen molar-refractivity contribution >= 4 is 35.9 Å². The number of rotatable bonds is 10. The minimum atomic E-state index is -0.946. The van der Waals surface area contributed by atoms with Crippen LogP contribution in [-0.2, 0) is 11.2 Å². The summed E-state index contributed by atoms with van der Waals surface area (Å²) in [5, 5.41) is 14.0. The van der Waals surface area contributed by atoms with E-state index in [0.29, 0.717) is 11.3 Å². The van der Waals surface area contributed by atoms with E-state index in [9.17, 15) is 9.90 Å². The van der Waals surface area contributed by atoms with E-state index in [-0.39, 0.29) is 6.42 Å². The number of para-hydroxylation sites is 1. The molecule has 1 N–H and O–H groups in total. The van der Waals surface area contributed by atoms with Gasteiger partial charge in [0.1, 0.15) is 11.5 Å². The van der Waals surface area contributed by atoms with Gasteiger partial charge in [0.05, 0.1) is 0 Å². The molecule has 0 unspecified atom stereocenters. The van der Waals surface area contributed by atoms with Crippen LogP contribution in [0.25, 0.3) is 17.2 Å². The Morgan fingerprint density at radius 1 is 0.591 bits per heavy atom. The first kappa shape index (κ1) is 28.9. The van der Waals surface area contributed by atoms with Gasteiger partial charge in [-0.25, -0.2) is 4.79 Å². The van der Waals surface area contributed by atoms with E-state index in [1.54, 1.807) is 6.08 Å². The van der Waals surface area contributed by atoms with Gasteiger partial charge < -0.3 is 9.84 Å². The predicted molar refractivity (Wildman–Crippen MR) is 183 cm³/mol. The second kappa shape index (κ2) is 13.8. The second-order valence-electron chi connectivity index (χ2n) is 10.3. The summed E-state index contributed by atoms with van der Waals surface area (Å²) in [4.78, 5) is 12.6. The highest BCUT2D eigenvalue weighted by Gasteiger charge is 2.22. The van der Waals surface area contributed by atoms with Gasteiger partial charge in [-0.05, 0) is 76.4 Å². The van der Waals surface area contributed by atoms with Crippen LogP contribution in [0.15, 0.2) is 169 Å². The highest BCUT2D eigenvalue weighted by atomic mass is 31.1. The van der Waals surface area contributed by atoms with Crippen LogP contribution in [0.4, 0.5) is 0 Å². The number of hydrogen-bond acceptors (Lipinski definition) is 2. The van der Waals surface area contributed by atoms with Gasteiger partial charge in [0.15, 0.2) is 0 Å². The van der Waals surface area contributed by atoms with Gasteiger partial charge in [0, 0.05) is 12.0 Å². The van der Waals surface area contributed by atoms with Gasteiger partial charge >= 0.3 is 5.97 Å². The maximum atomic E-state index is 12.6. The third-order valence-corrected chi connectivity index (χ3v) is 9.82. The zero-order valence-electron chi connectivity index (χ0n) is 24.1. The van der Waals surface area contributed by atoms with E-state index in [2.05, 4.69) is 78.9 Å². The highest BCUT2D eigenvalue weighted by molar-refractivity contribution is 7.80. The lowest BCUT2D eigenvalue weighted by atomic mass is 9.93. The van der Waals surface area contributed by atoms with Gasteiger partial charge in [-0.2, -0.15) is 0 Å². The SMILES string of the molecule is O=C(O)/C(=C/c1ccccc1)Cc1cc(Oc2ccccc2)ccc1-c1ccccc1P(c1ccccc1)c1ccccc1. The summed E-state index contributed by atoms with van der Waals surface area (Å²) >= 11 is 0. The third-order valence-electron chi connectivity index (χ3n) is 7.32. The number of carboxylic acids is 1. The fourth-order valence-corrected chi connectivity index (χ4v) is 7.76. The Labute approximate surface area is 259 Å². The first-order valence-electron chi connectivity index (χ1n) is 14.5. The van der Waals surface area contributed by atoms with Crippen molar-refractivity contribution < 1.29 is 14.6 Å². The molecule has 0 saturated carbocycles. The van der Waals surface area contributed by atoms with Crippen LogP contribution in [0, 0.1) is 0 Å². The van der Waals surface area contributed by atoms with Gasteiger partial charge in [-0.3, -0.25) is 0 Å². The quantitative estimate of drug-likeness (QED) is 0.128. The Morgan fingerprint density at radius 3 is 1.75 bits per heavy atom. The Balaban J connectivity index is 1.51. The Bertz CT molecular complexity index is 1830. The number of hydrogen-bond donors (Lipinski definition) is 1. The maximum Gasteiger partial charge on any atom is 0.331 e. The maximum absolute atomic E-state index is 12.6. The molecule has 6 aromatic rings. The smallest absolute Gasteiger partial charge is 0.331 e. The largest absolute Gasteiger partial charge is 0.478 e.